The molecule has 0 aliphatic carbocycles. The third-order valence-electron chi connectivity index (χ3n) is 2.89. The van der Waals surface area contributed by atoms with Crippen molar-refractivity contribution in [3.8, 4) is 0 Å². The number of nitrogens with zero attached hydrogens (tertiary/aromatic N) is 1. The van der Waals surface area contributed by atoms with E-state index in [4.69, 9.17) is 0 Å². The van der Waals surface area contributed by atoms with Gasteiger partial charge in [0.15, 0.2) is 5.78 Å². The van der Waals surface area contributed by atoms with E-state index < -0.39 is 17.5 Å². The maximum atomic E-state index is 13.2. The second-order valence-electron chi connectivity index (χ2n) is 4.50. The van der Waals surface area contributed by atoms with Crippen molar-refractivity contribution in [1.29, 1.82) is 0 Å². The Hall–Kier alpha value is -2.04. The molecule has 1 aliphatic rings. The highest BCUT2D eigenvalue weighted by Gasteiger charge is 2.37. The molecular formula is C13H12FNO3. The molecule has 1 amide bonds. The molecule has 94 valence electrons. The van der Waals surface area contributed by atoms with E-state index in [2.05, 4.69) is 0 Å². The summed E-state index contributed by atoms with van der Waals surface area (Å²) in [5.74, 6) is -2.43. The Morgan fingerprint density at radius 1 is 1.33 bits per heavy atom. The van der Waals surface area contributed by atoms with Crippen molar-refractivity contribution < 1.29 is 18.8 Å². The number of hydrogen-bond donors (Lipinski definition) is 0. The summed E-state index contributed by atoms with van der Waals surface area (Å²) < 4.78 is 13.2. The normalized spacial score (nSPS) is 14.3. The molecule has 0 atom stereocenters. The quantitative estimate of drug-likeness (QED) is 0.764. The Balaban J connectivity index is 2.39. The van der Waals surface area contributed by atoms with E-state index in [9.17, 15) is 18.8 Å². The summed E-state index contributed by atoms with van der Waals surface area (Å²) in [6.07, 6.45) is 0. The van der Waals surface area contributed by atoms with Crippen molar-refractivity contribution in [2.24, 2.45) is 5.92 Å². The molecule has 0 unspecified atom stereocenters. The fraction of sp³-hybridized carbons (Fsp3) is 0.308. The van der Waals surface area contributed by atoms with E-state index in [1.54, 1.807) is 13.8 Å². The molecule has 0 N–H and O–H groups in total. The number of fused-ring (bicyclic) bond motifs is 1. The molecule has 2 rings (SSSR count). The van der Waals surface area contributed by atoms with Gasteiger partial charge in [-0.3, -0.25) is 19.3 Å². The number of anilines is 1. The molecule has 18 heavy (non-hydrogen) atoms. The monoisotopic (exact) mass is 249 g/mol. The fourth-order valence-corrected chi connectivity index (χ4v) is 1.76. The third kappa shape index (κ3) is 1.92. The number of Topliss-reactive ketones (excluding diaryl/α,β-unsaturated/α-hetero) is 2. The van der Waals surface area contributed by atoms with Gasteiger partial charge in [-0.15, -0.1) is 0 Å². The molecule has 4 nitrogen and oxygen atoms in total. The Kier molecular flexibility index (Phi) is 2.98. The molecule has 0 fully saturated rings. The number of halogens is 1. The molecular weight excluding hydrogens is 237 g/mol. The molecule has 1 aliphatic heterocycles. The first-order valence-corrected chi connectivity index (χ1v) is 5.60. The van der Waals surface area contributed by atoms with Crippen LogP contribution in [0.1, 0.15) is 24.2 Å². The zero-order valence-corrected chi connectivity index (χ0v) is 10.1. The summed E-state index contributed by atoms with van der Waals surface area (Å²) in [6.45, 7) is 3.22. The van der Waals surface area contributed by atoms with Gasteiger partial charge in [0.1, 0.15) is 5.82 Å². The van der Waals surface area contributed by atoms with Gasteiger partial charge < -0.3 is 0 Å². The molecule has 0 aromatic heterocycles. The van der Waals surface area contributed by atoms with E-state index >= 15 is 0 Å². The third-order valence-corrected chi connectivity index (χ3v) is 2.89. The standard InChI is InChI=1S/C13H12FNO3/c1-7(2)11(16)6-15-10-5-8(14)3-4-9(10)12(17)13(15)18/h3-5,7H,6H2,1-2H3. The molecule has 0 saturated heterocycles. The number of carbonyl (C=O) groups is 3. The van der Waals surface area contributed by atoms with Crippen LogP contribution < -0.4 is 4.90 Å². The Morgan fingerprint density at radius 2 is 2.00 bits per heavy atom. The summed E-state index contributed by atoms with van der Waals surface area (Å²) in [4.78, 5) is 36.1. The molecule has 0 radical (unpaired) electrons. The number of ketones is 2. The maximum Gasteiger partial charge on any atom is 0.299 e. The second-order valence-corrected chi connectivity index (χ2v) is 4.50. The van der Waals surface area contributed by atoms with Crippen LogP contribution in [0.2, 0.25) is 0 Å². The minimum atomic E-state index is -0.774. The van der Waals surface area contributed by atoms with E-state index in [1.165, 1.54) is 6.07 Å². The van der Waals surface area contributed by atoms with Gasteiger partial charge in [-0.25, -0.2) is 4.39 Å². The topological polar surface area (TPSA) is 54.5 Å². The minimum Gasteiger partial charge on any atom is -0.297 e. The highest BCUT2D eigenvalue weighted by atomic mass is 19.1. The van der Waals surface area contributed by atoms with Crippen LogP contribution in [-0.2, 0) is 9.59 Å². The predicted octanol–water partition coefficient (Wildman–Crippen LogP) is 1.58. The molecule has 1 heterocycles. The first-order chi connectivity index (χ1) is 8.41. The molecule has 1 aromatic rings. The van der Waals surface area contributed by atoms with E-state index in [-0.39, 0.29) is 29.5 Å². The fourth-order valence-electron chi connectivity index (χ4n) is 1.76. The lowest BCUT2D eigenvalue weighted by Gasteiger charge is -2.16. The van der Waals surface area contributed by atoms with Crippen LogP contribution in [0.3, 0.4) is 0 Å². The second kappa shape index (κ2) is 4.33. The summed E-state index contributed by atoms with van der Waals surface area (Å²) in [5, 5.41) is 0. The van der Waals surface area contributed by atoms with Gasteiger partial charge in [-0.2, -0.15) is 0 Å². The van der Waals surface area contributed by atoms with Crippen LogP contribution in [0.4, 0.5) is 10.1 Å². The Bertz CT molecular complexity index is 551. The first kappa shape index (κ1) is 12.4. The summed E-state index contributed by atoms with van der Waals surface area (Å²) in [5.41, 5.74) is 0.331. The maximum absolute atomic E-state index is 13.2. The van der Waals surface area contributed by atoms with Gasteiger partial charge in [0, 0.05) is 5.92 Å². The average Bonchev–Trinajstić information content (AvgIpc) is 2.54. The number of benzene rings is 1. The van der Waals surface area contributed by atoms with Gasteiger partial charge in [-0.05, 0) is 18.2 Å². The van der Waals surface area contributed by atoms with E-state index in [1.807, 2.05) is 0 Å². The number of amides is 1. The smallest absolute Gasteiger partial charge is 0.297 e. The van der Waals surface area contributed by atoms with Crippen molar-refractivity contribution >= 4 is 23.2 Å². The van der Waals surface area contributed by atoms with Crippen LogP contribution in [-0.4, -0.2) is 24.0 Å². The van der Waals surface area contributed by atoms with Gasteiger partial charge in [0.2, 0.25) is 0 Å². The van der Waals surface area contributed by atoms with Gasteiger partial charge >= 0.3 is 0 Å². The zero-order valence-electron chi connectivity index (χ0n) is 10.1. The van der Waals surface area contributed by atoms with Crippen molar-refractivity contribution in [2.75, 3.05) is 11.4 Å². The van der Waals surface area contributed by atoms with E-state index in [0.717, 1.165) is 17.0 Å². The highest BCUT2D eigenvalue weighted by molar-refractivity contribution is 6.52. The lowest BCUT2D eigenvalue weighted by molar-refractivity contribution is -0.122. The first-order valence-electron chi connectivity index (χ1n) is 5.60. The van der Waals surface area contributed by atoms with Crippen LogP contribution in [0.25, 0.3) is 0 Å². The van der Waals surface area contributed by atoms with Crippen molar-refractivity contribution in [3.63, 3.8) is 0 Å². The molecule has 0 spiro atoms. The highest BCUT2D eigenvalue weighted by Crippen LogP contribution is 2.29. The van der Waals surface area contributed by atoms with Gasteiger partial charge in [0.25, 0.3) is 11.7 Å². The summed E-state index contributed by atoms with van der Waals surface area (Å²) in [6, 6.07) is 3.49. The molecule has 0 bridgehead atoms. The van der Waals surface area contributed by atoms with E-state index in [0.29, 0.717) is 0 Å². The van der Waals surface area contributed by atoms with Crippen molar-refractivity contribution in [1.82, 2.24) is 0 Å². The average molecular weight is 249 g/mol. The van der Waals surface area contributed by atoms with Gasteiger partial charge in [0.05, 0.1) is 17.8 Å². The summed E-state index contributed by atoms with van der Waals surface area (Å²) >= 11 is 0. The lowest BCUT2D eigenvalue weighted by Crippen LogP contribution is -2.36. The van der Waals surface area contributed by atoms with Crippen LogP contribution >= 0.6 is 0 Å². The molecule has 1 aromatic carbocycles. The molecule has 5 heteroatoms. The SMILES string of the molecule is CC(C)C(=O)CN1C(=O)C(=O)c2ccc(F)cc21. The van der Waals surface area contributed by atoms with Crippen molar-refractivity contribution in [3.05, 3.63) is 29.6 Å². The largest absolute Gasteiger partial charge is 0.299 e. The van der Waals surface area contributed by atoms with Crippen molar-refractivity contribution in [2.45, 2.75) is 13.8 Å². The Morgan fingerprint density at radius 3 is 2.61 bits per heavy atom. The minimum absolute atomic E-state index is 0.151. The number of hydrogen-bond acceptors (Lipinski definition) is 3. The number of carbonyl (C=O) groups excluding carboxylic acids is 3. The van der Waals surface area contributed by atoms with Crippen LogP contribution in [0.15, 0.2) is 18.2 Å². The molecule has 0 saturated carbocycles. The van der Waals surface area contributed by atoms with Crippen LogP contribution in [0.5, 0.6) is 0 Å². The summed E-state index contributed by atoms with van der Waals surface area (Å²) in [7, 11) is 0. The predicted molar refractivity (Wildman–Crippen MR) is 62.9 cm³/mol. The lowest BCUT2D eigenvalue weighted by atomic mass is 10.1. The van der Waals surface area contributed by atoms with Gasteiger partial charge in [-0.1, -0.05) is 13.8 Å². The zero-order chi connectivity index (χ0) is 13.4. The number of rotatable bonds is 3. The van der Waals surface area contributed by atoms with Crippen LogP contribution in [0, 0.1) is 11.7 Å². The Labute approximate surface area is 103 Å².